The van der Waals surface area contributed by atoms with E-state index in [9.17, 15) is 4.79 Å². The summed E-state index contributed by atoms with van der Waals surface area (Å²) in [4.78, 5) is 11.3. The highest BCUT2D eigenvalue weighted by molar-refractivity contribution is 7.99. The van der Waals surface area contributed by atoms with Gasteiger partial charge in [0.15, 0.2) is 0 Å². The topological polar surface area (TPSA) is 63.3 Å². The van der Waals surface area contributed by atoms with E-state index >= 15 is 0 Å². The number of benzene rings is 1. The second-order valence-corrected chi connectivity index (χ2v) is 4.93. The number of rotatable bonds is 6. The van der Waals surface area contributed by atoms with Crippen LogP contribution in [0.5, 0.6) is 0 Å². The van der Waals surface area contributed by atoms with Crippen molar-refractivity contribution < 1.29 is 9.90 Å². The van der Waals surface area contributed by atoms with Gasteiger partial charge in [-0.3, -0.25) is 4.79 Å². The largest absolute Gasteiger partial charge is 0.481 e. The van der Waals surface area contributed by atoms with Gasteiger partial charge in [-0.25, -0.2) is 0 Å². The number of hydrogen-bond donors (Lipinski definition) is 2. The Balaban J connectivity index is 2.29. The van der Waals surface area contributed by atoms with Crippen LogP contribution in [0.15, 0.2) is 23.1 Å². The van der Waals surface area contributed by atoms with Crippen LogP contribution in [-0.2, 0) is 4.79 Å². The molecule has 0 heterocycles. The predicted octanol–water partition coefficient (Wildman–Crippen LogP) is 3.27. The molecule has 0 spiro atoms. The van der Waals surface area contributed by atoms with Crippen molar-refractivity contribution in [1.29, 1.82) is 0 Å². The molecule has 0 aliphatic heterocycles. The Morgan fingerprint density at radius 2 is 2.19 bits per heavy atom. The lowest BCUT2D eigenvalue weighted by molar-refractivity contribution is -0.137. The zero-order chi connectivity index (χ0) is 12.0. The van der Waals surface area contributed by atoms with Crippen molar-refractivity contribution in [1.82, 2.24) is 0 Å². The molecule has 0 radical (unpaired) electrons. The fraction of sp³-hybridized carbons (Fsp3) is 0.364. The Hall–Kier alpha value is -0.870. The molecule has 0 unspecified atom stereocenters. The molecule has 0 bridgehead atoms. The smallest absolute Gasteiger partial charge is 0.303 e. The molecule has 16 heavy (non-hydrogen) atoms. The van der Waals surface area contributed by atoms with Gasteiger partial charge in [0.25, 0.3) is 0 Å². The Labute approximate surface area is 104 Å². The molecule has 1 aromatic carbocycles. The molecule has 0 saturated carbocycles. The quantitative estimate of drug-likeness (QED) is 0.468. The summed E-state index contributed by atoms with van der Waals surface area (Å²) >= 11 is 7.62. The average Bonchev–Trinajstić information content (AvgIpc) is 2.20. The van der Waals surface area contributed by atoms with Crippen LogP contribution in [0.4, 0.5) is 5.69 Å². The molecule has 0 amide bonds. The number of aliphatic carboxylic acids is 1. The van der Waals surface area contributed by atoms with Crippen molar-refractivity contribution in [3.8, 4) is 0 Å². The Bertz CT molecular complexity index is 371. The van der Waals surface area contributed by atoms with E-state index in [1.807, 2.05) is 12.1 Å². The maximum absolute atomic E-state index is 10.3. The highest BCUT2D eigenvalue weighted by atomic mass is 35.5. The lowest BCUT2D eigenvalue weighted by atomic mass is 10.2. The number of carboxylic acids is 1. The van der Waals surface area contributed by atoms with Gasteiger partial charge in [-0.05, 0) is 36.8 Å². The minimum atomic E-state index is -0.740. The first kappa shape index (κ1) is 13.2. The van der Waals surface area contributed by atoms with Crippen LogP contribution >= 0.6 is 23.4 Å². The number of halogens is 1. The summed E-state index contributed by atoms with van der Waals surface area (Å²) in [5.74, 6) is 0.132. The summed E-state index contributed by atoms with van der Waals surface area (Å²) in [7, 11) is 0. The average molecular weight is 260 g/mol. The maximum atomic E-state index is 10.3. The minimum Gasteiger partial charge on any atom is -0.481 e. The Kier molecular flexibility index (Phi) is 5.49. The first-order chi connectivity index (χ1) is 7.59. The van der Waals surface area contributed by atoms with Gasteiger partial charge in [-0.2, -0.15) is 0 Å². The van der Waals surface area contributed by atoms with Crippen LogP contribution in [0.1, 0.15) is 19.3 Å². The van der Waals surface area contributed by atoms with E-state index < -0.39 is 5.97 Å². The molecule has 88 valence electrons. The van der Waals surface area contributed by atoms with E-state index in [0.717, 1.165) is 17.1 Å². The predicted molar refractivity (Wildman–Crippen MR) is 68.1 cm³/mol. The maximum Gasteiger partial charge on any atom is 0.303 e. The second-order valence-electron chi connectivity index (χ2n) is 3.39. The van der Waals surface area contributed by atoms with Gasteiger partial charge in [0.2, 0.25) is 0 Å². The van der Waals surface area contributed by atoms with E-state index in [1.54, 1.807) is 17.8 Å². The van der Waals surface area contributed by atoms with Gasteiger partial charge in [0, 0.05) is 17.0 Å². The minimum absolute atomic E-state index is 0.232. The number of thioether (sulfide) groups is 1. The Morgan fingerprint density at radius 3 is 2.81 bits per heavy atom. The normalized spacial score (nSPS) is 10.3. The number of unbranched alkanes of at least 4 members (excludes halogenated alkanes) is 1. The number of nitrogen functional groups attached to an aromatic ring is 1. The van der Waals surface area contributed by atoms with E-state index in [4.69, 9.17) is 22.4 Å². The molecule has 0 saturated heterocycles. The molecule has 0 atom stereocenters. The summed E-state index contributed by atoms with van der Waals surface area (Å²) in [5.41, 5.74) is 6.23. The van der Waals surface area contributed by atoms with Crippen molar-refractivity contribution in [3.05, 3.63) is 23.2 Å². The van der Waals surface area contributed by atoms with Gasteiger partial charge in [0.05, 0.1) is 5.02 Å². The van der Waals surface area contributed by atoms with Gasteiger partial charge in [-0.1, -0.05) is 11.6 Å². The zero-order valence-electron chi connectivity index (χ0n) is 8.78. The third-order valence-corrected chi connectivity index (χ3v) is 3.58. The summed E-state index contributed by atoms with van der Waals surface area (Å²) < 4.78 is 0. The number of hydrogen-bond acceptors (Lipinski definition) is 3. The Morgan fingerprint density at radius 1 is 1.44 bits per heavy atom. The van der Waals surface area contributed by atoms with Crippen LogP contribution in [0.2, 0.25) is 5.02 Å². The lowest BCUT2D eigenvalue weighted by Gasteiger charge is -2.04. The highest BCUT2D eigenvalue weighted by Gasteiger charge is 2.02. The molecule has 0 aliphatic carbocycles. The molecular formula is C11H14ClNO2S. The molecule has 3 nitrogen and oxygen atoms in total. The van der Waals surface area contributed by atoms with Crippen LogP contribution in [-0.4, -0.2) is 16.8 Å². The van der Waals surface area contributed by atoms with E-state index in [-0.39, 0.29) is 6.42 Å². The molecule has 3 N–H and O–H groups in total. The zero-order valence-corrected chi connectivity index (χ0v) is 10.4. The number of anilines is 1. The van der Waals surface area contributed by atoms with Crippen LogP contribution in [0.25, 0.3) is 0 Å². The van der Waals surface area contributed by atoms with Crippen molar-refractivity contribution in [2.75, 3.05) is 11.5 Å². The number of carbonyl (C=O) groups is 1. The van der Waals surface area contributed by atoms with E-state index in [2.05, 4.69) is 0 Å². The van der Waals surface area contributed by atoms with E-state index in [1.165, 1.54) is 0 Å². The standard InChI is InChI=1S/C11H14ClNO2S/c12-9-7-8(13)4-5-10(9)16-6-2-1-3-11(14)15/h4-5,7H,1-3,6,13H2,(H,14,15). The van der Waals surface area contributed by atoms with E-state index in [0.29, 0.717) is 17.1 Å². The molecule has 1 aromatic rings. The molecule has 5 heteroatoms. The lowest BCUT2D eigenvalue weighted by Crippen LogP contribution is -1.94. The fourth-order valence-electron chi connectivity index (χ4n) is 1.19. The van der Waals surface area contributed by atoms with Crippen molar-refractivity contribution in [3.63, 3.8) is 0 Å². The monoisotopic (exact) mass is 259 g/mol. The van der Waals surface area contributed by atoms with Crippen LogP contribution < -0.4 is 5.73 Å². The van der Waals surface area contributed by atoms with Crippen molar-refractivity contribution >= 4 is 35.0 Å². The molecule has 0 aromatic heterocycles. The SMILES string of the molecule is Nc1ccc(SCCCCC(=O)O)c(Cl)c1. The molecular weight excluding hydrogens is 246 g/mol. The van der Waals surface area contributed by atoms with Crippen LogP contribution in [0, 0.1) is 0 Å². The third kappa shape index (κ3) is 4.77. The highest BCUT2D eigenvalue weighted by Crippen LogP contribution is 2.29. The van der Waals surface area contributed by atoms with Gasteiger partial charge in [-0.15, -0.1) is 11.8 Å². The fourth-order valence-corrected chi connectivity index (χ4v) is 2.48. The molecule has 0 fully saturated rings. The summed E-state index contributed by atoms with van der Waals surface area (Å²) in [6.07, 6.45) is 1.81. The van der Waals surface area contributed by atoms with Crippen molar-refractivity contribution in [2.24, 2.45) is 0 Å². The van der Waals surface area contributed by atoms with Gasteiger partial charge < -0.3 is 10.8 Å². The van der Waals surface area contributed by atoms with Crippen LogP contribution in [0.3, 0.4) is 0 Å². The number of carboxylic acid groups (broad SMARTS) is 1. The molecule has 1 rings (SSSR count). The van der Waals surface area contributed by atoms with Gasteiger partial charge >= 0.3 is 5.97 Å². The summed E-state index contributed by atoms with van der Waals surface area (Å²) in [6, 6.07) is 5.42. The van der Waals surface area contributed by atoms with Crippen molar-refractivity contribution in [2.45, 2.75) is 24.2 Å². The first-order valence-corrected chi connectivity index (χ1v) is 6.35. The summed E-state index contributed by atoms with van der Waals surface area (Å²) in [5, 5.41) is 9.12. The molecule has 0 aliphatic rings. The second kappa shape index (κ2) is 6.66. The third-order valence-electron chi connectivity index (χ3n) is 2.00. The summed E-state index contributed by atoms with van der Waals surface area (Å²) in [6.45, 7) is 0. The van der Waals surface area contributed by atoms with Gasteiger partial charge in [0.1, 0.15) is 0 Å². The first-order valence-electron chi connectivity index (χ1n) is 4.99. The number of nitrogens with two attached hydrogens (primary N) is 1.